The zero-order valence-corrected chi connectivity index (χ0v) is 11.8. The highest BCUT2D eigenvalue weighted by molar-refractivity contribution is 7.10. The maximum atomic E-state index is 14.8. The number of aromatic nitrogens is 1. The Morgan fingerprint density at radius 2 is 2.20 bits per heavy atom. The van der Waals surface area contributed by atoms with Crippen LogP contribution in [0.25, 0.3) is 0 Å². The van der Waals surface area contributed by atoms with Gasteiger partial charge in [-0.15, -0.1) is 11.3 Å². The summed E-state index contributed by atoms with van der Waals surface area (Å²) in [5.74, 6) is -0.568. The maximum absolute atomic E-state index is 14.8. The number of likely N-dealkylation sites (tertiary alicyclic amines) is 1. The summed E-state index contributed by atoms with van der Waals surface area (Å²) in [5, 5.41) is 10.5. The minimum absolute atomic E-state index is 0.0507. The lowest BCUT2D eigenvalue weighted by atomic mass is 9.94. The quantitative estimate of drug-likeness (QED) is 0.866. The molecule has 2 rings (SSSR count). The molecule has 0 aliphatic carbocycles. The lowest BCUT2D eigenvalue weighted by molar-refractivity contribution is 0.0508. The Labute approximate surface area is 119 Å². The Morgan fingerprint density at radius 1 is 1.55 bits per heavy atom. The first-order chi connectivity index (χ1) is 9.46. The lowest BCUT2D eigenvalue weighted by Gasteiger charge is -2.33. The molecule has 110 valence electrons. The SMILES string of the molecule is CCOC(=O)c1csc(C2(F)CCN(C(=O)O)CC2)n1. The predicted molar refractivity (Wildman–Crippen MR) is 69.7 cm³/mol. The molecule has 1 aromatic heterocycles. The van der Waals surface area contributed by atoms with E-state index in [0.717, 1.165) is 11.3 Å². The van der Waals surface area contributed by atoms with Crippen molar-refractivity contribution < 1.29 is 23.8 Å². The summed E-state index contributed by atoms with van der Waals surface area (Å²) in [5.41, 5.74) is -1.56. The monoisotopic (exact) mass is 302 g/mol. The maximum Gasteiger partial charge on any atom is 0.407 e. The minimum atomic E-state index is -1.67. The Hall–Kier alpha value is -1.70. The van der Waals surface area contributed by atoms with Crippen LogP contribution in [0.3, 0.4) is 0 Å². The standard InChI is InChI=1S/C12H15FN2O4S/c1-2-19-9(16)8-7-20-10(14-8)12(13)3-5-15(6-4-12)11(17)18/h7H,2-6H2,1H3,(H,17,18). The molecule has 6 nitrogen and oxygen atoms in total. The first-order valence-corrected chi connectivity index (χ1v) is 7.14. The van der Waals surface area contributed by atoms with Crippen molar-refractivity contribution in [3.05, 3.63) is 16.1 Å². The third-order valence-corrected chi connectivity index (χ3v) is 4.22. The number of carbonyl (C=O) groups excluding carboxylic acids is 1. The first-order valence-electron chi connectivity index (χ1n) is 6.26. The molecule has 1 aliphatic rings. The van der Waals surface area contributed by atoms with E-state index in [1.807, 2.05) is 0 Å². The highest BCUT2D eigenvalue weighted by atomic mass is 32.1. The minimum Gasteiger partial charge on any atom is -0.465 e. The van der Waals surface area contributed by atoms with Gasteiger partial charge in [0.25, 0.3) is 0 Å². The summed E-state index contributed by atoms with van der Waals surface area (Å²) in [6.07, 6.45) is -0.942. The number of alkyl halides is 1. The molecule has 2 heterocycles. The van der Waals surface area contributed by atoms with Crippen molar-refractivity contribution in [2.75, 3.05) is 19.7 Å². The van der Waals surface area contributed by atoms with E-state index >= 15 is 0 Å². The number of piperidine rings is 1. The molecular formula is C12H15FN2O4S. The number of esters is 1. The van der Waals surface area contributed by atoms with Crippen LogP contribution < -0.4 is 0 Å². The van der Waals surface area contributed by atoms with E-state index in [-0.39, 0.29) is 43.2 Å². The number of hydrogen-bond donors (Lipinski definition) is 1. The van der Waals surface area contributed by atoms with E-state index in [4.69, 9.17) is 9.84 Å². The van der Waals surface area contributed by atoms with Crippen LogP contribution in [0.2, 0.25) is 0 Å². The van der Waals surface area contributed by atoms with Crippen molar-refractivity contribution in [2.24, 2.45) is 0 Å². The molecule has 8 heteroatoms. The van der Waals surface area contributed by atoms with Gasteiger partial charge in [0.15, 0.2) is 11.4 Å². The highest BCUT2D eigenvalue weighted by Gasteiger charge is 2.40. The Morgan fingerprint density at radius 3 is 2.75 bits per heavy atom. The van der Waals surface area contributed by atoms with Gasteiger partial charge in [0, 0.05) is 31.3 Å². The first kappa shape index (κ1) is 14.7. The molecule has 1 N–H and O–H groups in total. The van der Waals surface area contributed by atoms with Crippen LogP contribution in [0, 0.1) is 0 Å². The van der Waals surface area contributed by atoms with Crippen molar-refractivity contribution in [3.8, 4) is 0 Å². The predicted octanol–water partition coefficient (Wildman–Crippen LogP) is 2.26. The molecule has 1 amide bonds. The van der Waals surface area contributed by atoms with Crippen molar-refractivity contribution in [1.29, 1.82) is 0 Å². The highest BCUT2D eigenvalue weighted by Crippen LogP contribution is 2.38. The normalized spacial score (nSPS) is 17.8. The molecule has 0 aromatic carbocycles. The fraction of sp³-hybridized carbons (Fsp3) is 0.583. The van der Waals surface area contributed by atoms with Crippen LogP contribution in [0.5, 0.6) is 0 Å². The van der Waals surface area contributed by atoms with Crippen molar-refractivity contribution in [2.45, 2.75) is 25.4 Å². The molecule has 0 radical (unpaired) electrons. The van der Waals surface area contributed by atoms with Crippen LogP contribution in [-0.2, 0) is 10.4 Å². The van der Waals surface area contributed by atoms with Gasteiger partial charge in [-0.05, 0) is 6.92 Å². The Balaban J connectivity index is 2.08. The van der Waals surface area contributed by atoms with Gasteiger partial charge in [0.1, 0.15) is 5.01 Å². The van der Waals surface area contributed by atoms with Gasteiger partial charge < -0.3 is 14.7 Å². The van der Waals surface area contributed by atoms with Gasteiger partial charge >= 0.3 is 12.1 Å². The van der Waals surface area contributed by atoms with Gasteiger partial charge in [-0.25, -0.2) is 19.0 Å². The molecule has 0 unspecified atom stereocenters. The zero-order valence-electron chi connectivity index (χ0n) is 11.0. The van der Waals surface area contributed by atoms with Crippen LogP contribution in [-0.4, -0.2) is 46.7 Å². The largest absolute Gasteiger partial charge is 0.465 e. The van der Waals surface area contributed by atoms with E-state index in [0.29, 0.717) is 0 Å². The molecule has 0 bridgehead atoms. The topological polar surface area (TPSA) is 79.7 Å². The summed E-state index contributed by atoms with van der Waals surface area (Å²) < 4.78 is 19.6. The number of ether oxygens (including phenoxy) is 1. The van der Waals surface area contributed by atoms with E-state index in [1.54, 1.807) is 6.92 Å². The fourth-order valence-electron chi connectivity index (χ4n) is 2.04. The number of carbonyl (C=O) groups is 2. The zero-order chi connectivity index (χ0) is 14.8. The number of rotatable bonds is 3. The van der Waals surface area contributed by atoms with Crippen molar-refractivity contribution >= 4 is 23.4 Å². The molecule has 1 fully saturated rings. The van der Waals surface area contributed by atoms with Crippen LogP contribution >= 0.6 is 11.3 Å². The number of halogens is 1. The molecule has 1 saturated heterocycles. The molecule has 0 saturated carbocycles. The molecule has 20 heavy (non-hydrogen) atoms. The van der Waals surface area contributed by atoms with E-state index < -0.39 is 17.7 Å². The molecule has 1 aromatic rings. The molecule has 0 atom stereocenters. The number of nitrogens with zero attached hydrogens (tertiary/aromatic N) is 2. The number of amides is 1. The molecular weight excluding hydrogens is 287 g/mol. The fourth-order valence-corrected chi connectivity index (χ4v) is 2.98. The van der Waals surface area contributed by atoms with Crippen LogP contribution in [0.1, 0.15) is 35.3 Å². The Kier molecular flexibility index (Phi) is 4.22. The number of thiazole rings is 1. The number of hydrogen-bond acceptors (Lipinski definition) is 5. The average Bonchev–Trinajstić information content (AvgIpc) is 2.90. The third kappa shape index (κ3) is 2.90. The van der Waals surface area contributed by atoms with Gasteiger partial charge in [0.05, 0.1) is 6.61 Å². The van der Waals surface area contributed by atoms with Crippen molar-refractivity contribution in [1.82, 2.24) is 9.88 Å². The van der Waals surface area contributed by atoms with Gasteiger partial charge in [-0.1, -0.05) is 0 Å². The smallest absolute Gasteiger partial charge is 0.407 e. The summed E-state index contributed by atoms with van der Waals surface area (Å²) >= 11 is 1.07. The molecule has 0 spiro atoms. The Bertz CT molecular complexity index is 511. The summed E-state index contributed by atoms with van der Waals surface area (Å²) in [7, 11) is 0. The lowest BCUT2D eigenvalue weighted by Crippen LogP contribution is -2.42. The van der Waals surface area contributed by atoms with E-state index in [1.165, 1.54) is 10.3 Å². The molecule has 1 aliphatic heterocycles. The van der Waals surface area contributed by atoms with Gasteiger partial charge in [0.2, 0.25) is 0 Å². The van der Waals surface area contributed by atoms with Gasteiger partial charge in [-0.3, -0.25) is 0 Å². The van der Waals surface area contributed by atoms with Crippen molar-refractivity contribution in [3.63, 3.8) is 0 Å². The summed E-state index contributed by atoms with van der Waals surface area (Å²) in [6.45, 7) is 2.17. The van der Waals surface area contributed by atoms with Crippen LogP contribution in [0.15, 0.2) is 5.38 Å². The van der Waals surface area contributed by atoms with Gasteiger partial charge in [-0.2, -0.15) is 0 Å². The second-order valence-corrected chi connectivity index (χ2v) is 5.35. The summed E-state index contributed by atoms with van der Waals surface area (Å²) in [4.78, 5) is 27.5. The second-order valence-electron chi connectivity index (χ2n) is 4.49. The summed E-state index contributed by atoms with van der Waals surface area (Å²) in [6, 6.07) is 0. The number of carboxylic acid groups (broad SMARTS) is 1. The average molecular weight is 302 g/mol. The van der Waals surface area contributed by atoms with E-state index in [2.05, 4.69) is 4.98 Å². The van der Waals surface area contributed by atoms with Crippen LogP contribution in [0.4, 0.5) is 9.18 Å². The second kappa shape index (κ2) is 5.74. The van der Waals surface area contributed by atoms with E-state index in [9.17, 15) is 14.0 Å². The third-order valence-electron chi connectivity index (χ3n) is 3.20.